The van der Waals surface area contributed by atoms with Crippen LogP contribution in [-0.4, -0.2) is 30.6 Å². The SMILES string of the molecule is c1ccc(C2CCCN2C2CCNCC2)cc1. The van der Waals surface area contributed by atoms with E-state index in [0.29, 0.717) is 6.04 Å². The molecule has 1 aromatic rings. The van der Waals surface area contributed by atoms with Gasteiger partial charge in [0.1, 0.15) is 0 Å². The molecule has 2 aliphatic rings. The molecule has 2 aliphatic heterocycles. The van der Waals surface area contributed by atoms with E-state index in [9.17, 15) is 0 Å². The standard InChI is InChI=1S/C15H22N2/c1-2-5-13(6-3-1)15-7-4-12-17(15)14-8-10-16-11-9-14/h1-3,5-6,14-16H,4,7-12H2. The van der Waals surface area contributed by atoms with Crippen molar-refractivity contribution >= 4 is 0 Å². The van der Waals surface area contributed by atoms with E-state index in [-0.39, 0.29) is 0 Å². The molecule has 0 amide bonds. The summed E-state index contributed by atoms with van der Waals surface area (Å²) >= 11 is 0. The molecule has 0 radical (unpaired) electrons. The van der Waals surface area contributed by atoms with Crippen molar-refractivity contribution in [2.24, 2.45) is 0 Å². The number of nitrogens with zero attached hydrogens (tertiary/aromatic N) is 1. The molecule has 1 atom stereocenters. The molecule has 0 aromatic heterocycles. The molecule has 0 bridgehead atoms. The quantitative estimate of drug-likeness (QED) is 0.840. The Balaban J connectivity index is 1.75. The number of rotatable bonds is 2. The summed E-state index contributed by atoms with van der Waals surface area (Å²) in [7, 11) is 0. The monoisotopic (exact) mass is 230 g/mol. The molecular formula is C15H22N2. The molecule has 0 aliphatic carbocycles. The Morgan fingerprint density at radius 2 is 1.76 bits per heavy atom. The van der Waals surface area contributed by atoms with Gasteiger partial charge in [-0.15, -0.1) is 0 Å². The molecule has 1 unspecified atom stereocenters. The summed E-state index contributed by atoms with van der Waals surface area (Å²) in [5, 5.41) is 3.47. The lowest BCUT2D eigenvalue weighted by Gasteiger charge is -2.36. The van der Waals surface area contributed by atoms with Gasteiger partial charge in [0.25, 0.3) is 0 Å². The fourth-order valence-corrected chi connectivity index (χ4v) is 3.40. The number of nitrogens with one attached hydrogen (secondary N) is 1. The zero-order chi connectivity index (χ0) is 11.5. The highest BCUT2D eigenvalue weighted by Crippen LogP contribution is 2.35. The highest BCUT2D eigenvalue weighted by molar-refractivity contribution is 5.20. The van der Waals surface area contributed by atoms with E-state index in [1.807, 2.05) is 0 Å². The highest BCUT2D eigenvalue weighted by atomic mass is 15.2. The third-order valence-electron chi connectivity index (χ3n) is 4.26. The van der Waals surface area contributed by atoms with Gasteiger partial charge in [-0.3, -0.25) is 4.90 Å². The summed E-state index contributed by atoms with van der Waals surface area (Å²) in [5.41, 5.74) is 1.52. The molecule has 17 heavy (non-hydrogen) atoms. The molecule has 3 rings (SSSR count). The first kappa shape index (κ1) is 11.2. The predicted octanol–water partition coefficient (Wildman–Crippen LogP) is 2.58. The van der Waals surface area contributed by atoms with Crippen LogP contribution >= 0.6 is 0 Å². The summed E-state index contributed by atoms with van der Waals surface area (Å²) in [6.45, 7) is 3.69. The first-order valence-corrected chi connectivity index (χ1v) is 6.96. The van der Waals surface area contributed by atoms with Gasteiger partial charge in [0.2, 0.25) is 0 Å². The van der Waals surface area contributed by atoms with E-state index in [1.165, 1.54) is 50.9 Å². The zero-order valence-electron chi connectivity index (χ0n) is 10.4. The van der Waals surface area contributed by atoms with Crippen LogP contribution in [0.2, 0.25) is 0 Å². The second kappa shape index (κ2) is 5.19. The summed E-state index contributed by atoms with van der Waals surface area (Å²) < 4.78 is 0. The average molecular weight is 230 g/mol. The van der Waals surface area contributed by atoms with Crippen molar-refractivity contribution < 1.29 is 0 Å². The summed E-state index contributed by atoms with van der Waals surface area (Å²) in [6, 6.07) is 12.5. The van der Waals surface area contributed by atoms with Crippen molar-refractivity contribution in [1.29, 1.82) is 0 Å². The average Bonchev–Trinajstić information content (AvgIpc) is 2.90. The van der Waals surface area contributed by atoms with Crippen LogP contribution in [0.1, 0.15) is 37.3 Å². The Morgan fingerprint density at radius 1 is 1.00 bits per heavy atom. The Hall–Kier alpha value is -0.860. The van der Waals surface area contributed by atoms with Gasteiger partial charge in [-0.1, -0.05) is 30.3 Å². The van der Waals surface area contributed by atoms with Crippen LogP contribution in [0.5, 0.6) is 0 Å². The van der Waals surface area contributed by atoms with Gasteiger partial charge in [-0.2, -0.15) is 0 Å². The summed E-state index contributed by atoms with van der Waals surface area (Å²) in [6.07, 6.45) is 5.35. The first-order valence-electron chi connectivity index (χ1n) is 6.96. The van der Waals surface area contributed by atoms with Gasteiger partial charge >= 0.3 is 0 Å². The number of piperidine rings is 1. The first-order chi connectivity index (χ1) is 8.45. The maximum Gasteiger partial charge on any atom is 0.0351 e. The Bertz CT molecular complexity index is 343. The minimum absolute atomic E-state index is 0.680. The molecule has 2 fully saturated rings. The lowest BCUT2D eigenvalue weighted by molar-refractivity contribution is 0.148. The largest absolute Gasteiger partial charge is 0.317 e. The zero-order valence-corrected chi connectivity index (χ0v) is 10.4. The Morgan fingerprint density at radius 3 is 2.53 bits per heavy atom. The summed E-state index contributed by atoms with van der Waals surface area (Å²) in [5.74, 6) is 0. The number of hydrogen-bond acceptors (Lipinski definition) is 2. The van der Waals surface area contributed by atoms with Crippen molar-refractivity contribution in [3.63, 3.8) is 0 Å². The molecule has 92 valence electrons. The van der Waals surface area contributed by atoms with Gasteiger partial charge in [-0.25, -0.2) is 0 Å². The lowest BCUT2D eigenvalue weighted by atomic mass is 10.00. The number of likely N-dealkylation sites (tertiary alicyclic amines) is 1. The van der Waals surface area contributed by atoms with Crippen LogP contribution in [0.15, 0.2) is 30.3 Å². The van der Waals surface area contributed by atoms with Crippen LogP contribution < -0.4 is 5.32 Å². The molecule has 0 spiro atoms. The van der Waals surface area contributed by atoms with E-state index >= 15 is 0 Å². The van der Waals surface area contributed by atoms with Gasteiger partial charge < -0.3 is 5.32 Å². The smallest absolute Gasteiger partial charge is 0.0351 e. The van der Waals surface area contributed by atoms with Crippen LogP contribution in [0.4, 0.5) is 0 Å². The summed E-state index contributed by atoms with van der Waals surface area (Å²) in [4.78, 5) is 2.76. The molecule has 1 N–H and O–H groups in total. The molecule has 2 saturated heterocycles. The van der Waals surface area contributed by atoms with E-state index < -0.39 is 0 Å². The third kappa shape index (κ3) is 2.38. The highest BCUT2D eigenvalue weighted by Gasteiger charge is 2.31. The van der Waals surface area contributed by atoms with E-state index in [4.69, 9.17) is 0 Å². The van der Waals surface area contributed by atoms with Crippen molar-refractivity contribution in [3.05, 3.63) is 35.9 Å². The Labute approximate surface area is 104 Å². The van der Waals surface area contributed by atoms with Gasteiger partial charge in [0.05, 0.1) is 0 Å². The van der Waals surface area contributed by atoms with Crippen molar-refractivity contribution in [3.8, 4) is 0 Å². The van der Waals surface area contributed by atoms with E-state index in [0.717, 1.165) is 6.04 Å². The minimum Gasteiger partial charge on any atom is -0.317 e. The topological polar surface area (TPSA) is 15.3 Å². The molecule has 2 nitrogen and oxygen atoms in total. The van der Waals surface area contributed by atoms with Crippen LogP contribution in [0, 0.1) is 0 Å². The maximum absolute atomic E-state index is 3.47. The molecule has 2 heterocycles. The van der Waals surface area contributed by atoms with Crippen molar-refractivity contribution in [1.82, 2.24) is 10.2 Å². The van der Waals surface area contributed by atoms with E-state index in [2.05, 4.69) is 40.5 Å². The van der Waals surface area contributed by atoms with Crippen LogP contribution in [0.25, 0.3) is 0 Å². The second-order valence-electron chi connectivity index (χ2n) is 5.29. The van der Waals surface area contributed by atoms with E-state index in [1.54, 1.807) is 0 Å². The van der Waals surface area contributed by atoms with Crippen LogP contribution in [0.3, 0.4) is 0 Å². The van der Waals surface area contributed by atoms with Crippen molar-refractivity contribution in [2.75, 3.05) is 19.6 Å². The Kier molecular flexibility index (Phi) is 3.44. The van der Waals surface area contributed by atoms with Gasteiger partial charge in [-0.05, 0) is 50.9 Å². The molecular weight excluding hydrogens is 208 g/mol. The molecule has 1 aromatic carbocycles. The number of benzene rings is 1. The predicted molar refractivity (Wildman–Crippen MR) is 71.0 cm³/mol. The fourth-order valence-electron chi connectivity index (χ4n) is 3.40. The van der Waals surface area contributed by atoms with Crippen molar-refractivity contribution in [2.45, 2.75) is 37.8 Å². The fraction of sp³-hybridized carbons (Fsp3) is 0.600. The lowest BCUT2D eigenvalue weighted by Crippen LogP contribution is -2.42. The third-order valence-corrected chi connectivity index (χ3v) is 4.26. The second-order valence-corrected chi connectivity index (χ2v) is 5.29. The minimum atomic E-state index is 0.680. The van der Waals surface area contributed by atoms with Gasteiger partial charge in [0.15, 0.2) is 0 Å². The molecule has 2 heteroatoms. The normalized spacial score (nSPS) is 27.4. The van der Waals surface area contributed by atoms with Gasteiger partial charge in [0, 0.05) is 12.1 Å². The maximum atomic E-state index is 3.47. The number of hydrogen-bond donors (Lipinski definition) is 1. The molecule has 0 saturated carbocycles. The van der Waals surface area contributed by atoms with Crippen LogP contribution in [-0.2, 0) is 0 Å².